The number of ether oxygens (including phenoxy) is 1. The first kappa shape index (κ1) is 25.7. The summed E-state index contributed by atoms with van der Waals surface area (Å²) in [6, 6.07) is 18.0. The van der Waals surface area contributed by atoms with Gasteiger partial charge in [-0.3, -0.25) is 19.4 Å². The summed E-state index contributed by atoms with van der Waals surface area (Å²) in [6.45, 7) is 2.31. The molecule has 2 fully saturated rings. The highest BCUT2D eigenvalue weighted by molar-refractivity contribution is 6.22. The molecule has 1 atom stereocenters. The molecule has 0 spiro atoms. The number of hydrogen-bond acceptors (Lipinski definition) is 6. The van der Waals surface area contributed by atoms with Crippen LogP contribution in [0.15, 0.2) is 72.8 Å². The number of benzene rings is 3. The Labute approximate surface area is 219 Å². The largest absolute Gasteiger partial charge is 0.465 e. The number of amides is 2. The molecule has 3 aromatic carbocycles. The molecule has 0 N–H and O–H groups in total. The molecule has 0 saturated carbocycles. The molecular weight excluding hydrogens is 492 g/mol. The van der Waals surface area contributed by atoms with E-state index in [-0.39, 0.29) is 35.9 Å². The zero-order valence-corrected chi connectivity index (χ0v) is 20.8. The van der Waals surface area contributed by atoms with Crippen LogP contribution in [0.3, 0.4) is 0 Å². The van der Waals surface area contributed by atoms with Crippen LogP contribution < -0.4 is 4.90 Å². The maximum absolute atomic E-state index is 13.6. The van der Waals surface area contributed by atoms with Crippen molar-refractivity contribution in [2.75, 3.05) is 38.2 Å². The second kappa shape index (κ2) is 10.8. The van der Waals surface area contributed by atoms with Gasteiger partial charge in [-0.25, -0.2) is 18.5 Å². The molecule has 0 aromatic heterocycles. The van der Waals surface area contributed by atoms with E-state index in [1.165, 1.54) is 48.4 Å². The lowest BCUT2D eigenvalue weighted by Gasteiger charge is -2.41. The van der Waals surface area contributed by atoms with Gasteiger partial charge in [0.25, 0.3) is 5.91 Å². The van der Waals surface area contributed by atoms with Gasteiger partial charge < -0.3 is 4.74 Å². The number of carbonyl (C=O) groups is 3. The first-order valence-electron chi connectivity index (χ1n) is 12.4. The van der Waals surface area contributed by atoms with Crippen LogP contribution in [0.25, 0.3) is 0 Å². The molecule has 2 amide bonds. The summed E-state index contributed by atoms with van der Waals surface area (Å²) in [4.78, 5) is 43.3. The van der Waals surface area contributed by atoms with Crippen LogP contribution in [0.2, 0.25) is 0 Å². The molecule has 0 radical (unpaired) electrons. The molecule has 0 aliphatic carbocycles. The summed E-state index contributed by atoms with van der Waals surface area (Å²) in [5.41, 5.74) is 2.53. The average molecular weight is 520 g/mol. The van der Waals surface area contributed by atoms with Crippen molar-refractivity contribution in [3.05, 3.63) is 101 Å². The van der Waals surface area contributed by atoms with Crippen molar-refractivity contribution < 1.29 is 27.9 Å². The maximum Gasteiger partial charge on any atom is 0.337 e. The Hall–Kier alpha value is -3.95. The second-order valence-corrected chi connectivity index (χ2v) is 9.40. The minimum Gasteiger partial charge on any atom is -0.465 e. The first-order valence-corrected chi connectivity index (χ1v) is 12.4. The van der Waals surface area contributed by atoms with Crippen molar-refractivity contribution in [3.8, 4) is 0 Å². The zero-order chi connectivity index (χ0) is 26.8. The minimum absolute atomic E-state index is 0.0803. The van der Waals surface area contributed by atoms with E-state index in [0.717, 1.165) is 11.1 Å². The molecule has 2 heterocycles. The first-order chi connectivity index (χ1) is 18.4. The third-order valence-corrected chi connectivity index (χ3v) is 7.20. The Morgan fingerprint density at radius 1 is 0.816 bits per heavy atom. The molecule has 2 aliphatic heterocycles. The van der Waals surface area contributed by atoms with Gasteiger partial charge in [0, 0.05) is 26.2 Å². The smallest absolute Gasteiger partial charge is 0.337 e. The van der Waals surface area contributed by atoms with Crippen molar-refractivity contribution in [1.29, 1.82) is 0 Å². The number of nitrogens with zero attached hydrogens (tertiary/aromatic N) is 3. The van der Waals surface area contributed by atoms with Crippen LogP contribution in [-0.4, -0.2) is 66.9 Å². The van der Waals surface area contributed by atoms with Crippen LogP contribution in [0.4, 0.5) is 14.5 Å². The number of hydrogen-bond donors (Lipinski definition) is 0. The minimum atomic E-state index is -0.569. The summed E-state index contributed by atoms with van der Waals surface area (Å²) in [7, 11) is 1.29. The molecule has 38 heavy (non-hydrogen) atoms. The molecule has 196 valence electrons. The highest BCUT2D eigenvalue weighted by Crippen LogP contribution is 2.32. The van der Waals surface area contributed by atoms with Crippen LogP contribution in [0, 0.1) is 11.6 Å². The van der Waals surface area contributed by atoms with Crippen molar-refractivity contribution in [2.45, 2.75) is 18.5 Å². The number of piperazine rings is 1. The number of imide groups is 1. The monoisotopic (exact) mass is 519 g/mol. The van der Waals surface area contributed by atoms with Crippen LogP contribution in [-0.2, 0) is 14.3 Å². The molecule has 2 aliphatic rings. The fraction of sp³-hybridized carbons (Fsp3) is 0.276. The van der Waals surface area contributed by atoms with Crippen molar-refractivity contribution >= 4 is 23.5 Å². The van der Waals surface area contributed by atoms with Crippen molar-refractivity contribution in [3.63, 3.8) is 0 Å². The van der Waals surface area contributed by atoms with Gasteiger partial charge in [-0.2, -0.15) is 0 Å². The van der Waals surface area contributed by atoms with Gasteiger partial charge in [-0.15, -0.1) is 0 Å². The third-order valence-electron chi connectivity index (χ3n) is 7.20. The van der Waals surface area contributed by atoms with Crippen LogP contribution in [0.1, 0.15) is 33.9 Å². The highest BCUT2D eigenvalue weighted by atomic mass is 19.1. The van der Waals surface area contributed by atoms with Crippen LogP contribution in [0.5, 0.6) is 0 Å². The van der Waals surface area contributed by atoms with E-state index < -0.39 is 12.0 Å². The number of carbonyl (C=O) groups excluding carboxylic acids is 3. The number of halogens is 2. The van der Waals surface area contributed by atoms with Gasteiger partial charge in [0.15, 0.2) is 0 Å². The SMILES string of the molecule is COC(=O)c1ccc(N2C(=O)C[C@@H](N3CCN(C(c4ccc(F)cc4)c4ccc(F)cc4)CC3)C2=O)cc1. The van der Waals surface area contributed by atoms with Crippen LogP contribution >= 0.6 is 0 Å². The van der Waals surface area contributed by atoms with E-state index in [1.54, 1.807) is 36.4 Å². The lowest BCUT2D eigenvalue weighted by Crippen LogP contribution is -2.53. The average Bonchev–Trinajstić information content (AvgIpc) is 3.24. The van der Waals surface area contributed by atoms with Crippen molar-refractivity contribution in [1.82, 2.24) is 9.80 Å². The zero-order valence-electron chi connectivity index (χ0n) is 20.8. The molecule has 2 saturated heterocycles. The maximum atomic E-state index is 13.6. The summed E-state index contributed by atoms with van der Waals surface area (Å²) in [5, 5.41) is 0. The Balaban J connectivity index is 1.30. The fourth-order valence-electron chi connectivity index (χ4n) is 5.25. The Morgan fingerprint density at radius 2 is 1.34 bits per heavy atom. The van der Waals surface area contributed by atoms with E-state index in [4.69, 9.17) is 4.74 Å². The fourth-order valence-corrected chi connectivity index (χ4v) is 5.25. The Morgan fingerprint density at radius 3 is 1.84 bits per heavy atom. The summed E-state index contributed by atoms with van der Waals surface area (Å²) in [6.07, 6.45) is 0.0803. The van der Waals surface area contributed by atoms with Gasteiger partial charge in [-0.1, -0.05) is 24.3 Å². The number of rotatable bonds is 6. The van der Waals surface area contributed by atoms with E-state index in [2.05, 4.69) is 4.90 Å². The van der Waals surface area contributed by atoms with Gasteiger partial charge in [0.05, 0.1) is 36.9 Å². The Kier molecular flexibility index (Phi) is 7.31. The second-order valence-electron chi connectivity index (χ2n) is 9.40. The topological polar surface area (TPSA) is 70.2 Å². The predicted octanol–water partition coefficient (Wildman–Crippen LogP) is 3.79. The van der Waals surface area contributed by atoms with Gasteiger partial charge >= 0.3 is 5.97 Å². The van der Waals surface area contributed by atoms with E-state index in [9.17, 15) is 23.2 Å². The summed E-state index contributed by atoms with van der Waals surface area (Å²) >= 11 is 0. The summed E-state index contributed by atoms with van der Waals surface area (Å²) in [5.74, 6) is -1.73. The number of esters is 1. The van der Waals surface area contributed by atoms with E-state index in [0.29, 0.717) is 37.4 Å². The third kappa shape index (κ3) is 5.07. The summed E-state index contributed by atoms with van der Waals surface area (Å²) < 4.78 is 31.9. The lowest BCUT2D eigenvalue weighted by molar-refractivity contribution is -0.123. The molecule has 5 rings (SSSR count). The molecule has 9 heteroatoms. The van der Waals surface area contributed by atoms with Crippen molar-refractivity contribution in [2.24, 2.45) is 0 Å². The molecular formula is C29H27F2N3O4. The molecule has 0 bridgehead atoms. The standard InChI is InChI=1S/C29H27F2N3O4/c1-38-29(37)21-6-12-24(13-7-21)34-26(35)18-25(28(34)36)32-14-16-33(17-15-32)27(19-2-8-22(30)9-3-19)20-4-10-23(31)11-5-20/h2-13,25,27H,14-18H2,1H3/t25-/m1/s1. The van der Waals surface area contributed by atoms with E-state index in [1.807, 2.05) is 4.90 Å². The molecule has 0 unspecified atom stereocenters. The number of methoxy groups -OCH3 is 1. The quantitative estimate of drug-likeness (QED) is 0.365. The van der Waals surface area contributed by atoms with Gasteiger partial charge in [0.2, 0.25) is 5.91 Å². The molecule has 3 aromatic rings. The predicted molar refractivity (Wildman–Crippen MR) is 136 cm³/mol. The lowest BCUT2D eigenvalue weighted by atomic mass is 9.96. The Bertz CT molecular complexity index is 1280. The van der Waals surface area contributed by atoms with E-state index >= 15 is 0 Å². The number of anilines is 1. The van der Waals surface area contributed by atoms with Gasteiger partial charge in [-0.05, 0) is 59.7 Å². The molecule has 7 nitrogen and oxygen atoms in total. The normalized spacial score (nSPS) is 18.8. The highest BCUT2D eigenvalue weighted by Gasteiger charge is 2.43. The van der Waals surface area contributed by atoms with Gasteiger partial charge in [0.1, 0.15) is 11.6 Å².